The van der Waals surface area contributed by atoms with Crippen molar-refractivity contribution < 1.29 is 23.1 Å². The Balaban J connectivity index is 1.85. The summed E-state index contributed by atoms with van der Waals surface area (Å²) in [5.74, 6) is -0.797. The van der Waals surface area contributed by atoms with E-state index in [1.165, 1.54) is 4.90 Å². The van der Waals surface area contributed by atoms with E-state index in [0.717, 1.165) is 0 Å². The number of nitrogens with zero attached hydrogens (tertiary/aromatic N) is 1. The summed E-state index contributed by atoms with van der Waals surface area (Å²) in [6.07, 6.45) is 1.59. The van der Waals surface area contributed by atoms with Gasteiger partial charge in [0.1, 0.15) is 0 Å². The van der Waals surface area contributed by atoms with Gasteiger partial charge in [0.2, 0.25) is 0 Å². The van der Waals surface area contributed by atoms with Crippen LogP contribution >= 0.6 is 0 Å². The Morgan fingerprint density at radius 3 is 2.47 bits per heavy atom. The van der Waals surface area contributed by atoms with Crippen LogP contribution in [0.5, 0.6) is 0 Å². The van der Waals surface area contributed by atoms with E-state index in [1.54, 1.807) is 7.05 Å². The van der Waals surface area contributed by atoms with Crippen LogP contribution < -0.4 is 5.32 Å². The number of amides is 2. The highest BCUT2D eigenvalue weighted by atomic mass is 32.2. The van der Waals surface area contributed by atoms with Gasteiger partial charge in [0.25, 0.3) is 0 Å². The van der Waals surface area contributed by atoms with Crippen LogP contribution in [0.3, 0.4) is 0 Å². The Morgan fingerprint density at radius 2 is 2.05 bits per heavy atom. The molecule has 0 aromatic carbocycles. The Hall–Kier alpha value is -1.31. The topological polar surface area (TPSA) is 104 Å². The zero-order valence-electron chi connectivity index (χ0n) is 10.8. The van der Waals surface area contributed by atoms with E-state index in [0.29, 0.717) is 19.3 Å². The molecule has 2 rings (SSSR count). The van der Waals surface area contributed by atoms with Gasteiger partial charge in [-0.1, -0.05) is 0 Å². The number of carboxylic acid groups (broad SMARTS) is 1. The Morgan fingerprint density at radius 1 is 1.42 bits per heavy atom. The minimum absolute atomic E-state index is 0.0129. The second kappa shape index (κ2) is 4.66. The van der Waals surface area contributed by atoms with Crippen molar-refractivity contribution in [2.45, 2.75) is 25.3 Å². The summed E-state index contributed by atoms with van der Waals surface area (Å²) < 4.78 is 22.7. The van der Waals surface area contributed by atoms with Crippen LogP contribution in [0.15, 0.2) is 0 Å². The number of carbonyl (C=O) groups is 2. The summed E-state index contributed by atoms with van der Waals surface area (Å²) in [6.45, 7) is 0.102. The monoisotopic (exact) mass is 290 g/mol. The molecule has 0 bridgehead atoms. The van der Waals surface area contributed by atoms with Gasteiger partial charge in [-0.2, -0.15) is 0 Å². The molecular formula is C11H18N2O5S. The molecule has 1 heterocycles. The maximum absolute atomic E-state index is 11.9. The Bertz CT molecular complexity index is 497. The van der Waals surface area contributed by atoms with Crippen molar-refractivity contribution >= 4 is 21.8 Å². The van der Waals surface area contributed by atoms with Crippen molar-refractivity contribution in [1.29, 1.82) is 0 Å². The van der Waals surface area contributed by atoms with E-state index < -0.39 is 27.3 Å². The minimum atomic E-state index is -3.03. The van der Waals surface area contributed by atoms with Crippen molar-refractivity contribution in [2.24, 2.45) is 5.41 Å². The first kappa shape index (κ1) is 14.1. The molecule has 2 fully saturated rings. The molecule has 1 unspecified atom stereocenters. The Kier molecular flexibility index (Phi) is 3.46. The zero-order valence-corrected chi connectivity index (χ0v) is 11.6. The molecule has 1 atom stereocenters. The molecule has 7 nitrogen and oxygen atoms in total. The molecule has 1 saturated carbocycles. The zero-order chi connectivity index (χ0) is 14.3. The quantitative estimate of drug-likeness (QED) is 0.738. The molecule has 8 heteroatoms. The molecule has 2 N–H and O–H groups in total. The lowest BCUT2D eigenvalue weighted by Gasteiger charge is -2.24. The normalized spacial score (nSPS) is 26.7. The van der Waals surface area contributed by atoms with Gasteiger partial charge in [0.15, 0.2) is 9.84 Å². The summed E-state index contributed by atoms with van der Waals surface area (Å²) in [4.78, 5) is 24.2. The maximum atomic E-state index is 11.9. The molecular weight excluding hydrogens is 272 g/mol. The number of rotatable bonds is 4. The molecule has 0 spiro atoms. The number of urea groups is 1. The number of nitrogens with one attached hydrogen (secondary N) is 1. The van der Waals surface area contributed by atoms with Crippen LogP contribution in [0.4, 0.5) is 4.79 Å². The van der Waals surface area contributed by atoms with Crippen LogP contribution in [0.2, 0.25) is 0 Å². The van der Waals surface area contributed by atoms with Crippen molar-refractivity contribution in [3.8, 4) is 0 Å². The molecule has 108 valence electrons. The predicted molar refractivity (Wildman–Crippen MR) is 67.5 cm³/mol. The number of carboxylic acids is 1. The van der Waals surface area contributed by atoms with Crippen LogP contribution in [-0.2, 0) is 14.6 Å². The smallest absolute Gasteiger partial charge is 0.317 e. The van der Waals surface area contributed by atoms with E-state index in [-0.39, 0.29) is 24.1 Å². The third kappa shape index (κ3) is 2.99. The van der Waals surface area contributed by atoms with Crippen LogP contribution in [0.1, 0.15) is 19.3 Å². The third-order valence-corrected chi connectivity index (χ3v) is 5.71. The number of carbonyl (C=O) groups excluding carboxylic acids is 1. The number of hydrogen-bond donors (Lipinski definition) is 2. The van der Waals surface area contributed by atoms with Gasteiger partial charge in [-0.3, -0.25) is 4.79 Å². The molecule has 0 aromatic heterocycles. The van der Waals surface area contributed by atoms with Gasteiger partial charge in [-0.05, 0) is 19.3 Å². The highest BCUT2D eigenvalue weighted by molar-refractivity contribution is 7.91. The fraction of sp³-hybridized carbons (Fsp3) is 0.818. The summed E-state index contributed by atoms with van der Waals surface area (Å²) in [6, 6.07) is -0.723. The van der Waals surface area contributed by atoms with Crippen LogP contribution in [0, 0.1) is 5.41 Å². The molecule has 19 heavy (non-hydrogen) atoms. The molecule has 0 aromatic rings. The Labute approximate surface area is 111 Å². The number of hydrogen-bond acceptors (Lipinski definition) is 4. The average molecular weight is 290 g/mol. The highest BCUT2D eigenvalue weighted by Gasteiger charge is 2.50. The third-order valence-electron chi connectivity index (χ3n) is 3.96. The van der Waals surface area contributed by atoms with E-state index >= 15 is 0 Å². The minimum Gasteiger partial charge on any atom is -0.481 e. The number of sulfone groups is 1. The first-order chi connectivity index (χ1) is 8.76. The van der Waals surface area contributed by atoms with Gasteiger partial charge in [0.05, 0.1) is 16.9 Å². The largest absolute Gasteiger partial charge is 0.481 e. The molecule has 2 aliphatic rings. The standard InChI is InChI=1S/C11H18N2O5S/c1-13(8-2-5-19(17,18)6-8)10(16)12-7-11(3-4-11)9(14)15/h8H,2-7H2,1H3,(H,12,16)(H,14,15). The molecule has 1 aliphatic heterocycles. The molecule has 1 aliphatic carbocycles. The summed E-state index contributed by atoms with van der Waals surface area (Å²) in [5, 5.41) is 11.6. The lowest BCUT2D eigenvalue weighted by atomic mass is 10.1. The predicted octanol–water partition coefficient (Wildman–Crippen LogP) is -0.320. The second-order valence-electron chi connectivity index (χ2n) is 5.41. The summed E-state index contributed by atoms with van der Waals surface area (Å²) >= 11 is 0. The summed E-state index contributed by atoms with van der Waals surface area (Å²) in [7, 11) is -1.49. The van der Waals surface area contributed by atoms with E-state index in [4.69, 9.17) is 5.11 Å². The van der Waals surface area contributed by atoms with Crippen molar-refractivity contribution in [3.05, 3.63) is 0 Å². The van der Waals surface area contributed by atoms with E-state index in [9.17, 15) is 18.0 Å². The fourth-order valence-electron chi connectivity index (χ4n) is 2.23. The van der Waals surface area contributed by atoms with Crippen molar-refractivity contribution in [1.82, 2.24) is 10.2 Å². The highest BCUT2D eigenvalue weighted by Crippen LogP contribution is 2.45. The van der Waals surface area contributed by atoms with Crippen molar-refractivity contribution in [2.75, 3.05) is 25.1 Å². The summed E-state index contributed by atoms with van der Waals surface area (Å²) in [5.41, 5.74) is -0.807. The van der Waals surface area contributed by atoms with Gasteiger partial charge in [-0.25, -0.2) is 13.2 Å². The fourth-order valence-corrected chi connectivity index (χ4v) is 4.01. The second-order valence-corrected chi connectivity index (χ2v) is 7.64. The van der Waals surface area contributed by atoms with Gasteiger partial charge >= 0.3 is 12.0 Å². The SMILES string of the molecule is CN(C(=O)NCC1(C(=O)O)CC1)C1CCS(=O)(=O)C1. The molecule has 1 saturated heterocycles. The first-order valence-corrected chi connectivity index (χ1v) is 8.02. The average Bonchev–Trinajstić information content (AvgIpc) is 3.04. The van der Waals surface area contributed by atoms with E-state index in [1.807, 2.05) is 0 Å². The molecule has 2 amide bonds. The van der Waals surface area contributed by atoms with Gasteiger partial charge < -0.3 is 15.3 Å². The first-order valence-electron chi connectivity index (χ1n) is 6.20. The lowest BCUT2D eigenvalue weighted by Crippen LogP contribution is -2.46. The maximum Gasteiger partial charge on any atom is 0.317 e. The lowest BCUT2D eigenvalue weighted by molar-refractivity contribution is -0.143. The van der Waals surface area contributed by atoms with Gasteiger partial charge in [-0.15, -0.1) is 0 Å². The van der Waals surface area contributed by atoms with E-state index in [2.05, 4.69) is 5.32 Å². The van der Waals surface area contributed by atoms with Crippen LogP contribution in [-0.4, -0.2) is 61.6 Å². The van der Waals surface area contributed by atoms with Crippen LogP contribution in [0.25, 0.3) is 0 Å². The number of aliphatic carboxylic acids is 1. The van der Waals surface area contributed by atoms with Gasteiger partial charge in [0, 0.05) is 19.6 Å². The van der Waals surface area contributed by atoms with Crippen molar-refractivity contribution in [3.63, 3.8) is 0 Å². The molecule has 0 radical (unpaired) electrons.